The Morgan fingerprint density at radius 1 is 1.41 bits per heavy atom. The standard InChI is InChI=1S/C15H14ClN3O3/c1-9-14(21)12(10(8-20)6-17-9)7-18-19-15(22)11-4-2-3-5-13(11)16/h2-6,8,18,21H,7H2,1H3,(H,19,22). The molecular weight excluding hydrogens is 306 g/mol. The third kappa shape index (κ3) is 3.41. The second-order valence-corrected chi connectivity index (χ2v) is 4.94. The average molecular weight is 320 g/mol. The SMILES string of the molecule is Cc1ncc(C=O)c(CNNC(=O)c2ccccc2Cl)c1O. The fraction of sp³-hybridized carbons (Fsp3) is 0.133. The number of nitrogens with zero attached hydrogens (tertiary/aromatic N) is 1. The molecule has 1 aromatic carbocycles. The molecule has 0 saturated carbocycles. The number of aromatic nitrogens is 1. The van der Waals surface area contributed by atoms with E-state index in [0.717, 1.165) is 0 Å². The summed E-state index contributed by atoms with van der Waals surface area (Å²) >= 11 is 5.93. The largest absolute Gasteiger partial charge is 0.506 e. The normalized spacial score (nSPS) is 10.3. The zero-order valence-corrected chi connectivity index (χ0v) is 12.5. The van der Waals surface area contributed by atoms with Crippen LogP contribution in [0.5, 0.6) is 5.75 Å². The topological polar surface area (TPSA) is 91.3 Å². The van der Waals surface area contributed by atoms with Gasteiger partial charge in [0.15, 0.2) is 6.29 Å². The lowest BCUT2D eigenvalue weighted by Crippen LogP contribution is -2.37. The number of carbonyl (C=O) groups excluding carboxylic acids is 2. The number of aromatic hydroxyl groups is 1. The third-order valence-corrected chi connectivity index (χ3v) is 3.42. The molecular formula is C15H14ClN3O3. The molecule has 6 nitrogen and oxygen atoms in total. The van der Waals surface area contributed by atoms with Gasteiger partial charge >= 0.3 is 0 Å². The molecule has 0 atom stereocenters. The zero-order chi connectivity index (χ0) is 16.1. The monoisotopic (exact) mass is 319 g/mol. The van der Waals surface area contributed by atoms with Crippen molar-refractivity contribution >= 4 is 23.8 Å². The maximum Gasteiger partial charge on any atom is 0.266 e. The Bertz CT molecular complexity index is 719. The summed E-state index contributed by atoms with van der Waals surface area (Å²) in [4.78, 5) is 26.8. The highest BCUT2D eigenvalue weighted by Gasteiger charge is 2.13. The van der Waals surface area contributed by atoms with Gasteiger partial charge in [-0.1, -0.05) is 23.7 Å². The van der Waals surface area contributed by atoms with Gasteiger partial charge < -0.3 is 5.11 Å². The summed E-state index contributed by atoms with van der Waals surface area (Å²) in [5.41, 5.74) is 6.47. The zero-order valence-electron chi connectivity index (χ0n) is 11.8. The first-order valence-electron chi connectivity index (χ1n) is 6.45. The Hall–Kier alpha value is -2.44. The van der Waals surface area contributed by atoms with E-state index in [1.165, 1.54) is 6.20 Å². The number of hydrogen-bond acceptors (Lipinski definition) is 5. The van der Waals surface area contributed by atoms with Gasteiger partial charge in [0.1, 0.15) is 5.75 Å². The Labute approximate surface area is 132 Å². The van der Waals surface area contributed by atoms with Gasteiger partial charge in [-0.15, -0.1) is 0 Å². The van der Waals surface area contributed by atoms with Gasteiger partial charge in [-0.05, 0) is 19.1 Å². The maximum absolute atomic E-state index is 12.0. The van der Waals surface area contributed by atoms with Gasteiger partial charge in [0.05, 0.1) is 16.3 Å². The Balaban J connectivity index is 2.06. The molecule has 7 heteroatoms. The third-order valence-electron chi connectivity index (χ3n) is 3.09. The van der Waals surface area contributed by atoms with Crippen LogP contribution in [0.15, 0.2) is 30.5 Å². The van der Waals surface area contributed by atoms with Gasteiger partial charge in [0, 0.05) is 23.9 Å². The predicted octanol–water partition coefficient (Wildman–Crippen LogP) is 2.00. The molecule has 114 valence electrons. The molecule has 3 N–H and O–H groups in total. The van der Waals surface area contributed by atoms with Crippen LogP contribution >= 0.6 is 11.6 Å². The van der Waals surface area contributed by atoms with Crippen LogP contribution in [0.3, 0.4) is 0 Å². The van der Waals surface area contributed by atoms with Crippen molar-refractivity contribution in [1.29, 1.82) is 0 Å². The molecule has 0 aliphatic heterocycles. The Kier molecular flexibility index (Phi) is 5.08. The van der Waals surface area contributed by atoms with Crippen LogP contribution in [0.25, 0.3) is 0 Å². The number of hydrazine groups is 1. The molecule has 0 aliphatic rings. The van der Waals surface area contributed by atoms with Crippen LogP contribution in [0.4, 0.5) is 0 Å². The molecule has 0 radical (unpaired) electrons. The lowest BCUT2D eigenvalue weighted by Gasteiger charge is -2.12. The molecule has 0 bridgehead atoms. The second kappa shape index (κ2) is 7.02. The van der Waals surface area contributed by atoms with Gasteiger partial charge in [0.25, 0.3) is 5.91 Å². The number of carbonyl (C=O) groups is 2. The van der Waals surface area contributed by atoms with Crippen LogP contribution in [0.1, 0.15) is 32.0 Å². The van der Waals surface area contributed by atoms with Crippen LogP contribution in [0.2, 0.25) is 5.02 Å². The smallest absolute Gasteiger partial charge is 0.266 e. The number of pyridine rings is 1. The van der Waals surface area contributed by atoms with E-state index in [9.17, 15) is 14.7 Å². The van der Waals surface area contributed by atoms with Gasteiger partial charge in [-0.25, -0.2) is 5.43 Å². The minimum absolute atomic E-state index is 0.0689. The number of amides is 1. The van der Waals surface area contributed by atoms with Crippen LogP contribution in [0, 0.1) is 6.92 Å². The highest BCUT2D eigenvalue weighted by Crippen LogP contribution is 2.22. The molecule has 0 fully saturated rings. The van der Waals surface area contributed by atoms with Crippen molar-refractivity contribution in [1.82, 2.24) is 15.8 Å². The van der Waals surface area contributed by atoms with Crippen molar-refractivity contribution in [2.75, 3.05) is 0 Å². The number of halogens is 1. The van der Waals surface area contributed by atoms with E-state index >= 15 is 0 Å². The number of rotatable bonds is 5. The highest BCUT2D eigenvalue weighted by molar-refractivity contribution is 6.33. The second-order valence-electron chi connectivity index (χ2n) is 4.53. The van der Waals surface area contributed by atoms with Gasteiger partial charge in [-0.2, -0.15) is 0 Å². The number of hydrogen-bond donors (Lipinski definition) is 3. The molecule has 2 rings (SSSR count). The molecule has 0 aliphatic carbocycles. The number of aldehydes is 1. The van der Waals surface area contributed by atoms with Gasteiger partial charge in [0.2, 0.25) is 0 Å². The molecule has 0 spiro atoms. The van der Waals surface area contributed by atoms with E-state index < -0.39 is 5.91 Å². The summed E-state index contributed by atoms with van der Waals surface area (Å²) < 4.78 is 0. The van der Waals surface area contributed by atoms with Crippen molar-refractivity contribution in [3.05, 3.63) is 57.9 Å². The lowest BCUT2D eigenvalue weighted by atomic mass is 10.1. The first-order chi connectivity index (χ1) is 10.5. The van der Waals surface area contributed by atoms with Crippen LogP contribution in [-0.2, 0) is 6.54 Å². The number of aryl methyl sites for hydroxylation is 1. The van der Waals surface area contributed by atoms with E-state index in [4.69, 9.17) is 11.6 Å². The first-order valence-corrected chi connectivity index (χ1v) is 6.82. The van der Waals surface area contributed by atoms with Crippen molar-refractivity contribution < 1.29 is 14.7 Å². The van der Waals surface area contributed by atoms with Gasteiger partial charge in [-0.3, -0.25) is 20.0 Å². The summed E-state index contributed by atoms with van der Waals surface area (Å²) in [5, 5.41) is 10.3. The van der Waals surface area contributed by atoms with Crippen molar-refractivity contribution in [3.8, 4) is 5.75 Å². The molecule has 1 aromatic heterocycles. The molecule has 2 aromatic rings. The number of benzene rings is 1. The summed E-state index contributed by atoms with van der Waals surface area (Å²) in [5.74, 6) is -0.493. The minimum Gasteiger partial charge on any atom is -0.506 e. The van der Waals surface area contributed by atoms with Crippen LogP contribution < -0.4 is 10.9 Å². The van der Waals surface area contributed by atoms with Crippen LogP contribution in [-0.4, -0.2) is 22.3 Å². The van der Waals surface area contributed by atoms with Crippen molar-refractivity contribution in [2.45, 2.75) is 13.5 Å². The quantitative estimate of drug-likeness (QED) is 0.579. The molecule has 22 heavy (non-hydrogen) atoms. The summed E-state index contributed by atoms with van der Waals surface area (Å²) in [6, 6.07) is 6.62. The molecule has 0 unspecified atom stereocenters. The van der Waals surface area contributed by atoms with E-state index in [0.29, 0.717) is 28.1 Å². The Morgan fingerprint density at radius 2 is 2.14 bits per heavy atom. The summed E-state index contributed by atoms with van der Waals surface area (Å²) in [7, 11) is 0. The van der Waals surface area contributed by atoms with Crippen molar-refractivity contribution in [2.24, 2.45) is 0 Å². The van der Waals surface area contributed by atoms with E-state index in [-0.39, 0.29) is 17.9 Å². The predicted molar refractivity (Wildman–Crippen MR) is 81.8 cm³/mol. The molecule has 1 heterocycles. The van der Waals surface area contributed by atoms with Crippen molar-refractivity contribution in [3.63, 3.8) is 0 Å². The lowest BCUT2D eigenvalue weighted by molar-refractivity contribution is 0.0932. The highest BCUT2D eigenvalue weighted by atomic mass is 35.5. The first kappa shape index (κ1) is 15.9. The fourth-order valence-corrected chi connectivity index (χ4v) is 2.09. The Morgan fingerprint density at radius 3 is 2.82 bits per heavy atom. The molecule has 1 amide bonds. The number of nitrogens with one attached hydrogen (secondary N) is 2. The van der Waals surface area contributed by atoms with E-state index in [1.807, 2.05) is 0 Å². The maximum atomic E-state index is 12.0. The van der Waals surface area contributed by atoms with E-state index in [1.54, 1.807) is 31.2 Å². The van der Waals surface area contributed by atoms with E-state index in [2.05, 4.69) is 15.8 Å². The minimum atomic E-state index is -0.413. The summed E-state index contributed by atoms with van der Waals surface area (Å²) in [6.07, 6.45) is 1.97. The summed E-state index contributed by atoms with van der Waals surface area (Å²) in [6.45, 7) is 1.69. The molecule has 0 saturated heterocycles. The average Bonchev–Trinajstić information content (AvgIpc) is 2.52. The fourth-order valence-electron chi connectivity index (χ4n) is 1.87.